The Balaban J connectivity index is 0.000000791. The summed E-state index contributed by atoms with van der Waals surface area (Å²) in [5.74, 6) is 0.539. The molecule has 0 saturated heterocycles. The third-order valence-electron chi connectivity index (χ3n) is 1.48. The first-order valence-electron chi connectivity index (χ1n) is 5.07. The summed E-state index contributed by atoms with van der Waals surface area (Å²) in [6.07, 6.45) is 7.35. The molecule has 0 saturated carbocycles. The molecule has 0 aliphatic heterocycles. The molecular formula is C12H20NO+. The molecule has 0 spiro atoms. The summed E-state index contributed by atoms with van der Waals surface area (Å²) in [5.41, 5.74) is 1.01. The van der Waals surface area contributed by atoms with E-state index in [1.54, 1.807) is 18.5 Å². The Morgan fingerprint density at radius 3 is 2.50 bits per heavy atom. The highest BCUT2D eigenvalue weighted by Gasteiger charge is 1.95. The molecule has 1 N–H and O–H groups in total. The molecule has 0 aliphatic rings. The lowest BCUT2D eigenvalue weighted by Crippen LogP contribution is -2.28. The molecule has 14 heavy (non-hydrogen) atoms. The van der Waals surface area contributed by atoms with Crippen LogP contribution in [0.1, 0.15) is 33.3 Å². The molecule has 0 radical (unpaired) electrons. The second kappa shape index (κ2) is 7.13. The maximum Gasteiger partial charge on any atom is 0.229 e. The van der Waals surface area contributed by atoms with Gasteiger partial charge in [0.25, 0.3) is 0 Å². The van der Waals surface area contributed by atoms with Gasteiger partial charge in [-0.25, -0.2) is 0 Å². The number of nitrogens with zero attached hydrogens (tertiary/aromatic N) is 1. The van der Waals surface area contributed by atoms with E-state index in [4.69, 9.17) is 5.21 Å². The van der Waals surface area contributed by atoms with Gasteiger partial charge in [0.2, 0.25) is 12.4 Å². The van der Waals surface area contributed by atoms with Crippen LogP contribution >= 0.6 is 0 Å². The van der Waals surface area contributed by atoms with Gasteiger partial charge in [0.05, 0.1) is 0 Å². The standard InChI is InChI=1S/C10H14NO.C2H6/c1-9(2)5-6-10-4-3-7-11(12)8-10;1-2/h3-9,12H,1-2H3;1-2H3/q+1;/b6-5+;. The minimum absolute atomic E-state index is 0.539. The van der Waals surface area contributed by atoms with Crippen LogP contribution in [-0.4, -0.2) is 5.21 Å². The van der Waals surface area contributed by atoms with Gasteiger partial charge in [-0.1, -0.05) is 39.8 Å². The van der Waals surface area contributed by atoms with Crippen molar-refractivity contribution in [2.24, 2.45) is 5.92 Å². The molecule has 0 aliphatic carbocycles. The lowest BCUT2D eigenvalue weighted by atomic mass is 10.1. The highest BCUT2D eigenvalue weighted by Crippen LogP contribution is 2.01. The summed E-state index contributed by atoms with van der Waals surface area (Å²) in [7, 11) is 0. The Labute approximate surface area is 86.5 Å². The molecule has 2 nitrogen and oxygen atoms in total. The van der Waals surface area contributed by atoms with E-state index in [9.17, 15) is 0 Å². The zero-order valence-electron chi connectivity index (χ0n) is 9.44. The Hall–Kier alpha value is -1.31. The molecule has 0 aromatic carbocycles. The number of hydrogen-bond donors (Lipinski definition) is 1. The van der Waals surface area contributed by atoms with Crippen molar-refractivity contribution in [1.82, 2.24) is 0 Å². The van der Waals surface area contributed by atoms with Gasteiger partial charge in [-0.2, -0.15) is 0 Å². The summed E-state index contributed by atoms with van der Waals surface area (Å²) in [6, 6.07) is 3.76. The SMILES string of the molecule is CC.CC(C)/C=C/c1ccc[n+](O)c1. The molecule has 2 heteroatoms. The topological polar surface area (TPSA) is 24.1 Å². The fraction of sp³-hybridized carbons (Fsp3) is 0.417. The smallest absolute Gasteiger partial charge is 0.229 e. The monoisotopic (exact) mass is 194 g/mol. The van der Waals surface area contributed by atoms with E-state index in [1.807, 2.05) is 26.0 Å². The molecule has 0 amide bonds. The van der Waals surface area contributed by atoms with E-state index in [0.717, 1.165) is 10.3 Å². The number of hydrogen-bond acceptors (Lipinski definition) is 1. The van der Waals surface area contributed by atoms with E-state index in [1.165, 1.54) is 0 Å². The Kier molecular flexibility index (Phi) is 6.46. The van der Waals surface area contributed by atoms with Gasteiger partial charge in [-0.05, 0) is 12.0 Å². The van der Waals surface area contributed by atoms with E-state index >= 15 is 0 Å². The van der Waals surface area contributed by atoms with Gasteiger partial charge in [-0.15, -0.1) is 0 Å². The Bertz CT molecular complexity index is 279. The van der Waals surface area contributed by atoms with Gasteiger partial charge >= 0.3 is 0 Å². The van der Waals surface area contributed by atoms with E-state index in [-0.39, 0.29) is 0 Å². The molecule has 0 bridgehead atoms. The molecule has 0 fully saturated rings. The highest BCUT2D eigenvalue weighted by atomic mass is 16.5. The average molecular weight is 194 g/mol. The van der Waals surface area contributed by atoms with Crippen LogP contribution in [0.2, 0.25) is 0 Å². The molecule has 1 aromatic heterocycles. The molecular weight excluding hydrogens is 174 g/mol. The van der Waals surface area contributed by atoms with Crippen molar-refractivity contribution in [2.45, 2.75) is 27.7 Å². The predicted molar refractivity (Wildman–Crippen MR) is 59.0 cm³/mol. The lowest BCUT2D eigenvalue weighted by Gasteiger charge is -1.92. The zero-order chi connectivity index (χ0) is 11.0. The zero-order valence-corrected chi connectivity index (χ0v) is 9.44. The van der Waals surface area contributed by atoms with Gasteiger partial charge in [0.15, 0.2) is 0 Å². The Morgan fingerprint density at radius 1 is 1.36 bits per heavy atom. The van der Waals surface area contributed by atoms with Crippen LogP contribution in [-0.2, 0) is 0 Å². The molecule has 1 heterocycles. The predicted octanol–water partition coefficient (Wildman–Crippen LogP) is 2.91. The van der Waals surface area contributed by atoms with Gasteiger partial charge in [0, 0.05) is 16.4 Å². The normalized spacial score (nSPS) is 10.1. The van der Waals surface area contributed by atoms with Crippen LogP contribution in [0.5, 0.6) is 0 Å². The summed E-state index contributed by atoms with van der Waals surface area (Å²) in [6.45, 7) is 8.24. The minimum Gasteiger partial charge on any atom is -0.285 e. The summed E-state index contributed by atoms with van der Waals surface area (Å²) in [5, 5.41) is 9.06. The van der Waals surface area contributed by atoms with E-state index in [0.29, 0.717) is 5.92 Å². The minimum atomic E-state index is 0.539. The number of aromatic nitrogens is 1. The largest absolute Gasteiger partial charge is 0.285 e. The summed E-state index contributed by atoms with van der Waals surface area (Å²) >= 11 is 0. The molecule has 1 rings (SSSR count). The fourth-order valence-electron chi connectivity index (χ4n) is 0.883. The second-order valence-electron chi connectivity index (χ2n) is 3.12. The van der Waals surface area contributed by atoms with Crippen LogP contribution in [0, 0.1) is 5.92 Å². The van der Waals surface area contributed by atoms with Crippen molar-refractivity contribution in [1.29, 1.82) is 0 Å². The van der Waals surface area contributed by atoms with Crippen molar-refractivity contribution >= 4 is 6.08 Å². The number of allylic oxidation sites excluding steroid dienone is 1. The van der Waals surface area contributed by atoms with Crippen LogP contribution in [0.25, 0.3) is 6.08 Å². The first kappa shape index (κ1) is 12.7. The van der Waals surface area contributed by atoms with Crippen molar-refractivity contribution < 1.29 is 9.94 Å². The summed E-state index contributed by atoms with van der Waals surface area (Å²) in [4.78, 5) is 0. The maximum absolute atomic E-state index is 9.06. The second-order valence-corrected chi connectivity index (χ2v) is 3.12. The molecule has 0 unspecified atom stereocenters. The first-order valence-corrected chi connectivity index (χ1v) is 5.07. The molecule has 0 atom stereocenters. The van der Waals surface area contributed by atoms with Gasteiger partial charge < -0.3 is 0 Å². The van der Waals surface area contributed by atoms with Crippen LogP contribution in [0.4, 0.5) is 0 Å². The van der Waals surface area contributed by atoms with Crippen molar-refractivity contribution in [3.63, 3.8) is 0 Å². The van der Waals surface area contributed by atoms with Gasteiger partial charge in [-0.3, -0.25) is 5.21 Å². The lowest BCUT2D eigenvalue weighted by molar-refractivity contribution is -0.904. The average Bonchev–Trinajstić information content (AvgIpc) is 2.18. The maximum atomic E-state index is 9.06. The van der Waals surface area contributed by atoms with E-state index in [2.05, 4.69) is 19.9 Å². The third kappa shape index (κ3) is 5.36. The van der Waals surface area contributed by atoms with Crippen LogP contribution in [0.3, 0.4) is 0 Å². The fourth-order valence-corrected chi connectivity index (χ4v) is 0.883. The third-order valence-corrected chi connectivity index (χ3v) is 1.48. The highest BCUT2D eigenvalue weighted by molar-refractivity contribution is 5.46. The summed E-state index contributed by atoms with van der Waals surface area (Å²) < 4.78 is 1.06. The van der Waals surface area contributed by atoms with Crippen molar-refractivity contribution in [3.8, 4) is 0 Å². The van der Waals surface area contributed by atoms with Gasteiger partial charge in [0.1, 0.15) is 0 Å². The van der Waals surface area contributed by atoms with E-state index < -0.39 is 0 Å². The quantitative estimate of drug-likeness (QED) is 0.568. The first-order chi connectivity index (χ1) is 6.68. The molecule has 1 aromatic rings. The van der Waals surface area contributed by atoms with Crippen molar-refractivity contribution in [3.05, 3.63) is 36.2 Å². The Morgan fingerprint density at radius 2 is 2.00 bits per heavy atom. The number of pyridine rings is 1. The van der Waals surface area contributed by atoms with Crippen LogP contribution < -0.4 is 4.73 Å². The van der Waals surface area contributed by atoms with Crippen LogP contribution in [0.15, 0.2) is 30.6 Å². The number of rotatable bonds is 2. The molecule has 78 valence electrons. The van der Waals surface area contributed by atoms with Crippen molar-refractivity contribution in [2.75, 3.05) is 0 Å².